The van der Waals surface area contributed by atoms with Crippen molar-refractivity contribution in [2.45, 2.75) is 32.6 Å². The van der Waals surface area contributed by atoms with E-state index in [0.717, 1.165) is 37.9 Å². The number of carbonyl (C=O) groups excluding carboxylic acids is 1. The van der Waals surface area contributed by atoms with Gasteiger partial charge in [0.15, 0.2) is 0 Å². The van der Waals surface area contributed by atoms with E-state index in [2.05, 4.69) is 11.9 Å². The summed E-state index contributed by atoms with van der Waals surface area (Å²) in [7, 11) is 0. The highest BCUT2D eigenvalue weighted by Crippen LogP contribution is 2.15. The van der Waals surface area contributed by atoms with Crippen LogP contribution in [0.5, 0.6) is 0 Å². The number of hydrogen-bond donors (Lipinski definition) is 0. The smallest absolute Gasteiger partial charge is 0.341 e. The summed E-state index contributed by atoms with van der Waals surface area (Å²) < 4.78 is 17.8. The van der Waals surface area contributed by atoms with Gasteiger partial charge < -0.3 is 4.74 Å². The van der Waals surface area contributed by atoms with E-state index < -0.39 is 11.8 Å². The number of halogens is 2. The topological polar surface area (TPSA) is 39.2 Å². The number of carbonyl (C=O) groups is 1. The fraction of sp³-hybridized carbons (Fsp3) is 0.500. The van der Waals surface area contributed by atoms with Crippen LogP contribution in [-0.2, 0) is 4.74 Å². The maximum Gasteiger partial charge on any atom is 0.341 e. The summed E-state index contributed by atoms with van der Waals surface area (Å²) in [6, 6.07) is 1.03. The first-order valence-corrected chi connectivity index (χ1v) is 6.01. The third kappa shape index (κ3) is 4.69. The highest BCUT2D eigenvalue weighted by Gasteiger charge is 2.13. The molecular weight excluding hydrogens is 245 g/mol. The van der Waals surface area contributed by atoms with Crippen LogP contribution < -0.4 is 0 Å². The van der Waals surface area contributed by atoms with E-state index in [-0.39, 0.29) is 10.7 Å². The highest BCUT2D eigenvalue weighted by atomic mass is 35.5. The predicted octanol–water partition coefficient (Wildman–Crippen LogP) is 3.61. The fourth-order valence-corrected chi connectivity index (χ4v) is 1.52. The van der Waals surface area contributed by atoms with Gasteiger partial charge in [-0.1, -0.05) is 37.8 Å². The van der Waals surface area contributed by atoms with Gasteiger partial charge in [0.05, 0.1) is 18.4 Å². The lowest BCUT2D eigenvalue weighted by atomic mass is 10.2. The van der Waals surface area contributed by atoms with Crippen LogP contribution in [-0.4, -0.2) is 17.6 Å². The van der Waals surface area contributed by atoms with E-state index in [1.165, 1.54) is 0 Å². The molecule has 0 saturated carbocycles. The molecule has 0 unspecified atom stereocenters. The average molecular weight is 260 g/mol. The van der Waals surface area contributed by atoms with E-state index in [1.807, 2.05) is 0 Å². The molecule has 3 nitrogen and oxygen atoms in total. The largest absolute Gasteiger partial charge is 0.462 e. The third-order valence-corrected chi connectivity index (χ3v) is 2.56. The van der Waals surface area contributed by atoms with Crippen molar-refractivity contribution in [3.8, 4) is 0 Å². The molecule has 17 heavy (non-hydrogen) atoms. The molecule has 0 aliphatic rings. The Balaban J connectivity index is 2.44. The molecule has 94 valence electrons. The standard InChI is InChI=1S/C12H15ClFNO2/c1-2-3-4-5-6-17-12(16)10-7-9(14)8-15-11(10)13/h7-8H,2-6H2,1H3. The lowest BCUT2D eigenvalue weighted by Gasteiger charge is -2.05. The van der Waals surface area contributed by atoms with Crippen molar-refractivity contribution in [1.29, 1.82) is 0 Å². The van der Waals surface area contributed by atoms with Gasteiger partial charge in [0.25, 0.3) is 0 Å². The minimum atomic E-state index is -0.626. The summed E-state index contributed by atoms with van der Waals surface area (Å²) in [6.07, 6.45) is 5.01. The monoisotopic (exact) mass is 259 g/mol. The second-order valence-corrected chi connectivity index (χ2v) is 4.05. The van der Waals surface area contributed by atoms with E-state index in [4.69, 9.17) is 16.3 Å². The number of unbranched alkanes of at least 4 members (excludes halogenated alkanes) is 3. The van der Waals surface area contributed by atoms with Crippen molar-refractivity contribution in [3.63, 3.8) is 0 Å². The minimum absolute atomic E-state index is 0.0258. The second-order valence-electron chi connectivity index (χ2n) is 3.69. The van der Waals surface area contributed by atoms with Crippen molar-refractivity contribution < 1.29 is 13.9 Å². The van der Waals surface area contributed by atoms with E-state index in [1.54, 1.807) is 0 Å². The molecule has 0 aliphatic heterocycles. The number of ether oxygens (including phenoxy) is 1. The molecule has 1 rings (SSSR count). The first-order chi connectivity index (χ1) is 8.15. The van der Waals surface area contributed by atoms with Crippen LogP contribution >= 0.6 is 11.6 Å². The molecule has 0 radical (unpaired) electrons. The normalized spacial score (nSPS) is 10.3. The third-order valence-electron chi connectivity index (χ3n) is 2.26. The van der Waals surface area contributed by atoms with Crippen LogP contribution in [0.15, 0.2) is 12.3 Å². The molecule has 0 saturated heterocycles. The number of aromatic nitrogens is 1. The van der Waals surface area contributed by atoms with E-state index >= 15 is 0 Å². The highest BCUT2D eigenvalue weighted by molar-refractivity contribution is 6.32. The van der Waals surface area contributed by atoms with Crippen molar-refractivity contribution in [2.24, 2.45) is 0 Å². The molecular formula is C12H15ClFNO2. The first-order valence-electron chi connectivity index (χ1n) is 5.63. The van der Waals surface area contributed by atoms with Crippen LogP contribution in [0.25, 0.3) is 0 Å². The molecule has 1 aromatic rings. The van der Waals surface area contributed by atoms with Crippen molar-refractivity contribution in [1.82, 2.24) is 4.98 Å². The van der Waals surface area contributed by atoms with Crippen molar-refractivity contribution in [3.05, 3.63) is 28.8 Å². The molecule has 0 N–H and O–H groups in total. The Labute approximate surface area is 105 Å². The molecule has 0 bridgehead atoms. The van der Waals surface area contributed by atoms with Gasteiger partial charge in [0.2, 0.25) is 0 Å². The van der Waals surface area contributed by atoms with Crippen molar-refractivity contribution >= 4 is 17.6 Å². The zero-order valence-electron chi connectivity index (χ0n) is 9.71. The molecule has 0 atom stereocenters. The fourth-order valence-electron chi connectivity index (χ4n) is 1.34. The minimum Gasteiger partial charge on any atom is -0.462 e. The number of nitrogens with zero attached hydrogens (tertiary/aromatic N) is 1. The number of rotatable bonds is 6. The van der Waals surface area contributed by atoms with Gasteiger partial charge >= 0.3 is 5.97 Å². The second kappa shape index (κ2) is 7.22. The quantitative estimate of drug-likeness (QED) is 0.445. The molecule has 1 heterocycles. The van der Waals surface area contributed by atoms with Gasteiger partial charge in [-0.3, -0.25) is 0 Å². The summed E-state index contributed by atoms with van der Waals surface area (Å²) in [5.74, 6) is -1.23. The lowest BCUT2D eigenvalue weighted by molar-refractivity contribution is 0.0497. The zero-order chi connectivity index (χ0) is 12.7. The van der Waals surface area contributed by atoms with Gasteiger partial charge in [0.1, 0.15) is 11.0 Å². The molecule has 0 fully saturated rings. The average Bonchev–Trinajstić information content (AvgIpc) is 2.32. The number of pyridine rings is 1. The van der Waals surface area contributed by atoms with Crippen LogP contribution in [0.2, 0.25) is 5.15 Å². The van der Waals surface area contributed by atoms with Crippen LogP contribution in [0.3, 0.4) is 0 Å². The molecule has 5 heteroatoms. The van der Waals surface area contributed by atoms with Gasteiger partial charge in [-0.25, -0.2) is 14.2 Å². The zero-order valence-corrected chi connectivity index (χ0v) is 10.5. The Morgan fingerprint density at radius 2 is 2.24 bits per heavy atom. The van der Waals surface area contributed by atoms with E-state index in [0.29, 0.717) is 6.61 Å². The summed E-state index contributed by atoms with van der Waals surface area (Å²) in [6.45, 7) is 2.43. The van der Waals surface area contributed by atoms with Crippen LogP contribution in [0.1, 0.15) is 43.0 Å². The first kappa shape index (κ1) is 13.9. The van der Waals surface area contributed by atoms with Gasteiger partial charge in [0, 0.05) is 0 Å². The summed E-state index contributed by atoms with van der Waals surface area (Å²) >= 11 is 5.68. The van der Waals surface area contributed by atoms with Crippen molar-refractivity contribution in [2.75, 3.05) is 6.61 Å². The summed E-state index contributed by atoms with van der Waals surface area (Å²) in [5, 5.41) is -0.0371. The summed E-state index contributed by atoms with van der Waals surface area (Å²) in [5.41, 5.74) is -0.0258. The molecule has 0 spiro atoms. The number of esters is 1. The maximum atomic E-state index is 12.9. The van der Waals surface area contributed by atoms with Crippen LogP contribution in [0, 0.1) is 5.82 Å². The molecule has 0 aliphatic carbocycles. The lowest BCUT2D eigenvalue weighted by Crippen LogP contribution is -2.08. The van der Waals surface area contributed by atoms with Gasteiger partial charge in [-0.15, -0.1) is 0 Å². The predicted molar refractivity (Wildman–Crippen MR) is 63.6 cm³/mol. The maximum absolute atomic E-state index is 12.9. The van der Waals surface area contributed by atoms with E-state index in [9.17, 15) is 9.18 Å². The molecule has 1 aromatic heterocycles. The summed E-state index contributed by atoms with van der Waals surface area (Å²) in [4.78, 5) is 15.1. The Hall–Kier alpha value is -1.16. The SMILES string of the molecule is CCCCCCOC(=O)c1cc(F)cnc1Cl. The Morgan fingerprint density at radius 1 is 1.47 bits per heavy atom. The van der Waals surface area contributed by atoms with Gasteiger partial charge in [-0.2, -0.15) is 0 Å². The van der Waals surface area contributed by atoms with Gasteiger partial charge in [-0.05, 0) is 12.5 Å². The van der Waals surface area contributed by atoms with Crippen LogP contribution in [0.4, 0.5) is 4.39 Å². The molecule has 0 amide bonds. The number of hydrogen-bond acceptors (Lipinski definition) is 3. The molecule has 0 aromatic carbocycles. The Morgan fingerprint density at radius 3 is 2.94 bits per heavy atom. The Kier molecular flexibility index (Phi) is 5.91. The Bertz CT molecular complexity index is 385.